The van der Waals surface area contributed by atoms with Crippen LogP contribution in [-0.2, 0) is 0 Å². The third-order valence-corrected chi connectivity index (χ3v) is 3.39. The number of rotatable bonds is 5. The smallest absolute Gasteiger partial charge is 0.256 e. The van der Waals surface area contributed by atoms with Crippen LogP contribution in [0.5, 0.6) is 5.75 Å². The maximum absolute atomic E-state index is 13.6. The molecule has 1 aromatic heterocycles. The molecule has 0 aliphatic carbocycles. The zero-order chi connectivity index (χ0) is 17.6. The van der Waals surface area contributed by atoms with Crippen LogP contribution in [0.15, 0.2) is 60.7 Å². The largest absolute Gasteiger partial charge is 0.497 e. The summed E-state index contributed by atoms with van der Waals surface area (Å²) < 4.78 is 18.6. The molecule has 25 heavy (non-hydrogen) atoms. The summed E-state index contributed by atoms with van der Waals surface area (Å²) in [6.45, 7) is 0. The number of carbonyl (C=O) groups excluding carboxylic acids is 1. The molecule has 0 bridgehead atoms. The Morgan fingerprint density at radius 2 is 1.64 bits per heavy atom. The lowest BCUT2D eigenvalue weighted by molar-refractivity contribution is 0.102. The van der Waals surface area contributed by atoms with Crippen molar-refractivity contribution in [3.8, 4) is 5.75 Å². The number of para-hydroxylation sites is 1. The second-order valence-corrected chi connectivity index (χ2v) is 5.09. The van der Waals surface area contributed by atoms with Gasteiger partial charge in [-0.05, 0) is 48.5 Å². The molecule has 0 radical (unpaired) electrons. The molecule has 0 aliphatic heterocycles. The number of carbonyl (C=O) groups is 1. The van der Waals surface area contributed by atoms with E-state index < -0.39 is 0 Å². The summed E-state index contributed by atoms with van der Waals surface area (Å²) in [5, 5.41) is 13.3. The van der Waals surface area contributed by atoms with E-state index in [0.29, 0.717) is 28.6 Å². The van der Waals surface area contributed by atoms with Gasteiger partial charge in [-0.25, -0.2) is 4.39 Å². The third-order valence-electron chi connectivity index (χ3n) is 3.39. The monoisotopic (exact) mass is 338 g/mol. The van der Waals surface area contributed by atoms with E-state index in [-0.39, 0.29) is 11.7 Å². The lowest BCUT2D eigenvalue weighted by Gasteiger charge is -2.07. The van der Waals surface area contributed by atoms with Gasteiger partial charge in [0.1, 0.15) is 11.6 Å². The lowest BCUT2D eigenvalue weighted by Crippen LogP contribution is -2.13. The number of halogens is 1. The van der Waals surface area contributed by atoms with Crippen molar-refractivity contribution in [2.75, 3.05) is 17.7 Å². The summed E-state index contributed by atoms with van der Waals surface area (Å²) in [6.07, 6.45) is 0. The normalized spacial score (nSPS) is 10.2. The summed E-state index contributed by atoms with van der Waals surface area (Å²) >= 11 is 0. The Morgan fingerprint density at radius 1 is 0.960 bits per heavy atom. The molecule has 6 nitrogen and oxygen atoms in total. The first-order chi connectivity index (χ1) is 12.2. The Kier molecular flexibility index (Phi) is 4.84. The predicted octanol–water partition coefficient (Wildman–Crippen LogP) is 3.62. The number of amides is 1. The highest BCUT2D eigenvalue weighted by molar-refractivity contribution is 6.03. The summed E-state index contributed by atoms with van der Waals surface area (Å²) in [5.74, 6) is 0.625. The highest BCUT2D eigenvalue weighted by Gasteiger charge is 2.08. The van der Waals surface area contributed by atoms with E-state index in [9.17, 15) is 9.18 Å². The van der Waals surface area contributed by atoms with Gasteiger partial charge < -0.3 is 15.4 Å². The molecule has 0 saturated heterocycles. The molecule has 2 N–H and O–H groups in total. The molecule has 126 valence electrons. The van der Waals surface area contributed by atoms with Crippen molar-refractivity contribution >= 4 is 23.2 Å². The molecule has 0 spiro atoms. The van der Waals surface area contributed by atoms with Gasteiger partial charge in [-0.15, -0.1) is 10.2 Å². The van der Waals surface area contributed by atoms with Crippen molar-refractivity contribution in [3.05, 3.63) is 72.0 Å². The van der Waals surface area contributed by atoms with Crippen LogP contribution in [0.1, 0.15) is 10.4 Å². The molecule has 0 atom stereocenters. The minimum absolute atomic E-state index is 0.292. The van der Waals surface area contributed by atoms with Crippen LogP contribution in [0, 0.1) is 5.82 Å². The van der Waals surface area contributed by atoms with Gasteiger partial charge in [0.05, 0.1) is 12.8 Å². The van der Waals surface area contributed by atoms with Gasteiger partial charge in [-0.3, -0.25) is 4.79 Å². The van der Waals surface area contributed by atoms with Gasteiger partial charge in [0, 0.05) is 5.56 Å². The second-order valence-electron chi connectivity index (χ2n) is 5.09. The number of nitrogens with one attached hydrogen (secondary N) is 2. The Hall–Kier alpha value is -3.48. The first-order valence-electron chi connectivity index (χ1n) is 7.46. The van der Waals surface area contributed by atoms with Crippen molar-refractivity contribution in [1.82, 2.24) is 10.2 Å². The van der Waals surface area contributed by atoms with Gasteiger partial charge in [-0.1, -0.05) is 12.1 Å². The Balaban J connectivity index is 1.65. The van der Waals surface area contributed by atoms with Crippen LogP contribution >= 0.6 is 0 Å². The summed E-state index contributed by atoms with van der Waals surface area (Å²) in [4.78, 5) is 12.1. The highest BCUT2D eigenvalue weighted by atomic mass is 19.1. The molecule has 3 rings (SSSR count). The van der Waals surface area contributed by atoms with Crippen LogP contribution in [0.3, 0.4) is 0 Å². The minimum atomic E-state index is -0.388. The van der Waals surface area contributed by atoms with E-state index in [1.807, 2.05) is 0 Å². The average Bonchev–Trinajstić information content (AvgIpc) is 2.65. The number of anilines is 3. The maximum Gasteiger partial charge on any atom is 0.256 e. The third kappa shape index (κ3) is 4.08. The maximum atomic E-state index is 13.6. The van der Waals surface area contributed by atoms with Gasteiger partial charge in [0.15, 0.2) is 11.6 Å². The standard InChI is InChI=1S/C18H15FN4O2/c1-25-13-8-6-12(7-9-13)18(24)21-17-11-10-16(22-23-17)20-15-5-3-2-4-14(15)19/h2-11H,1H3,(H,20,22)(H,21,23,24). The quantitative estimate of drug-likeness (QED) is 0.743. The zero-order valence-corrected chi connectivity index (χ0v) is 13.4. The molecule has 7 heteroatoms. The van der Waals surface area contributed by atoms with Crippen molar-refractivity contribution in [3.63, 3.8) is 0 Å². The molecule has 3 aromatic rings. The van der Waals surface area contributed by atoms with E-state index in [1.165, 1.54) is 6.07 Å². The van der Waals surface area contributed by atoms with Crippen LogP contribution in [0.25, 0.3) is 0 Å². The summed E-state index contributed by atoms with van der Waals surface area (Å²) in [5.41, 5.74) is 0.767. The van der Waals surface area contributed by atoms with E-state index in [4.69, 9.17) is 4.74 Å². The number of hydrogen-bond donors (Lipinski definition) is 2. The van der Waals surface area contributed by atoms with Crippen LogP contribution in [0.2, 0.25) is 0 Å². The number of benzene rings is 2. The van der Waals surface area contributed by atoms with Crippen molar-refractivity contribution in [1.29, 1.82) is 0 Å². The van der Waals surface area contributed by atoms with E-state index >= 15 is 0 Å². The Labute approximate surface area is 143 Å². The van der Waals surface area contributed by atoms with Gasteiger partial charge in [0.25, 0.3) is 5.91 Å². The summed E-state index contributed by atoms with van der Waals surface area (Å²) in [7, 11) is 1.56. The number of nitrogens with zero attached hydrogens (tertiary/aromatic N) is 2. The number of hydrogen-bond acceptors (Lipinski definition) is 5. The van der Waals surface area contributed by atoms with Crippen LogP contribution in [-0.4, -0.2) is 23.2 Å². The molecule has 0 unspecified atom stereocenters. The van der Waals surface area contributed by atoms with Crippen molar-refractivity contribution in [2.45, 2.75) is 0 Å². The predicted molar refractivity (Wildman–Crippen MR) is 92.7 cm³/mol. The fourth-order valence-corrected chi connectivity index (χ4v) is 2.10. The van der Waals surface area contributed by atoms with Gasteiger partial charge >= 0.3 is 0 Å². The number of aromatic nitrogens is 2. The molecular weight excluding hydrogens is 323 g/mol. The molecule has 0 saturated carbocycles. The van der Waals surface area contributed by atoms with Crippen LogP contribution < -0.4 is 15.4 Å². The topological polar surface area (TPSA) is 76.1 Å². The summed E-state index contributed by atoms with van der Waals surface area (Å²) in [6, 6.07) is 16.1. The fraction of sp³-hybridized carbons (Fsp3) is 0.0556. The highest BCUT2D eigenvalue weighted by Crippen LogP contribution is 2.18. The lowest BCUT2D eigenvalue weighted by atomic mass is 10.2. The number of ether oxygens (including phenoxy) is 1. The molecule has 2 aromatic carbocycles. The van der Waals surface area contributed by atoms with Crippen molar-refractivity contribution in [2.24, 2.45) is 0 Å². The fourth-order valence-electron chi connectivity index (χ4n) is 2.10. The second kappa shape index (κ2) is 7.39. The molecule has 1 amide bonds. The average molecular weight is 338 g/mol. The van der Waals surface area contributed by atoms with Crippen LogP contribution in [0.4, 0.5) is 21.7 Å². The Morgan fingerprint density at radius 3 is 2.28 bits per heavy atom. The van der Waals surface area contributed by atoms with E-state index in [2.05, 4.69) is 20.8 Å². The van der Waals surface area contributed by atoms with Crippen molar-refractivity contribution < 1.29 is 13.9 Å². The van der Waals surface area contributed by atoms with E-state index in [0.717, 1.165) is 0 Å². The number of methoxy groups -OCH3 is 1. The van der Waals surface area contributed by atoms with Gasteiger partial charge in [0.2, 0.25) is 0 Å². The molecular formula is C18H15FN4O2. The van der Waals surface area contributed by atoms with E-state index in [1.54, 1.807) is 61.7 Å². The molecule has 0 aliphatic rings. The SMILES string of the molecule is COc1ccc(C(=O)Nc2ccc(Nc3ccccc3F)nn2)cc1. The minimum Gasteiger partial charge on any atom is -0.497 e. The Bertz CT molecular complexity index is 867. The molecule has 1 heterocycles. The first-order valence-corrected chi connectivity index (χ1v) is 7.46. The van der Waals surface area contributed by atoms with Gasteiger partial charge in [-0.2, -0.15) is 0 Å². The molecule has 0 fully saturated rings. The first kappa shape index (κ1) is 16.4. The zero-order valence-electron chi connectivity index (χ0n) is 13.4.